The summed E-state index contributed by atoms with van der Waals surface area (Å²) in [6.45, 7) is 0. The van der Waals surface area contributed by atoms with Crippen LogP contribution in [-0.4, -0.2) is 35.3 Å². The van der Waals surface area contributed by atoms with E-state index in [1.807, 2.05) is 0 Å². The number of hydrogen-bond acceptors (Lipinski definition) is 1. The fourth-order valence-electron chi connectivity index (χ4n) is 2.06. The molecule has 0 aromatic heterocycles. The van der Waals surface area contributed by atoms with Crippen molar-refractivity contribution in [3.8, 4) is 0 Å². The molecule has 1 N–H and O–H groups in total. The van der Waals surface area contributed by atoms with Crippen LogP contribution < -0.4 is 0 Å². The first-order chi connectivity index (χ1) is 8.41. The van der Waals surface area contributed by atoms with Crippen molar-refractivity contribution in [3.63, 3.8) is 0 Å². The van der Waals surface area contributed by atoms with Gasteiger partial charge in [0.1, 0.15) is 0 Å². The predicted molar refractivity (Wildman–Crippen MR) is 97.3 cm³/mol. The van der Waals surface area contributed by atoms with Gasteiger partial charge >= 0.3 is 0 Å². The van der Waals surface area contributed by atoms with E-state index >= 15 is 0 Å². The number of aliphatic hydroxyl groups excluding tert-OH is 1. The van der Waals surface area contributed by atoms with Crippen LogP contribution in [0.15, 0.2) is 0 Å². The van der Waals surface area contributed by atoms with Crippen molar-refractivity contribution in [1.82, 2.24) is 0 Å². The maximum Gasteiger partial charge on any atom is 0.0665 e. The van der Waals surface area contributed by atoms with E-state index in [1.165, 1.54) is 0 Å². The van der Waals surface area contributed by atoms with Crippen molar-refractivity contribution in [2.75, 3.05) is 0 Å². The highest BCUT2D eigenvalue weighted by atomic mass is 79.9. The predicted octanol–water partition coefficient (Wildman–Crippen LogP) is 5.52. The molecule has 0 amide bonds. The highest BCUT2D eigenvalue weighted by Crippen LogP contribution is 2.32. The van der Waals surface area contributed by atoms with E-state index in [0.717, 1.165) is 38.5 Å². The molecule has 0 radical (unpaired) electrons. The Balaban J connectivity index is 2.61. The molecule has 6 atom stereocenters. The lowest BCUT2D eigenvalue weighted by Gasteiger charge is -2.26. The van der Waals surface area contributed by atoms with Gasteiger partial charge in [-0.2, -0.15) is 0 Å². The van der Waals surface area contributed by atoms with Crippen LogP contribution >= 0.6 is 79.6 Å². The monoisotopic (exact) mass is 574 g/mol. The zero-order chi connectivity index (χ0) is 13.7. The molecule has 0 aromatic carbocycles. The second-order valence-electron chi connectivity index (χ2n) is 4.88. The van der Waals surface area contributed by atoms with Crippen LogP contribution in [0.5, 0.6) is 0 Å². The standard InChI is InChI=1S/C12H19Br5O/c13-7-1-2-8(14)10(16)5-6-12(18)11(17)4-3-9(7)15/h7-12,18H,1-6H2. The lowest BCUT2D eigenvalue weighted by Crippen LogP contribution is -2.27. The van der Waals surface area contributed by atoms with E-state index in [1.54, 1.807) is 0 Å². The molecule has 1 aliphatic rings. The fourth-order valence-corrected chi connectivity index (χ4v) is 4.71. The van der Waals surface area contributed by atoms with Gasteiger partial charge in [-0.1, -0.05) is 79.6 Å². The van der Waals surface area contributed by atoms with E-state index in [-0.39, 0.29) is 10.9 Å². The normalized spacial score (nSPS) is 45.0. The van der Waals surface area contributed by atoms with Crippen molar-refractivity contribution < 1.29 is 5.11 Å². The smallest absolute Gasteiger partial charge is 0.0665 e. The summed E-state index contributed by atoms with van der Waals surface area (Å²) in [5.74, 6) is 0. The first-order valence-electron chi connectivity index (χ1n) is 6.30. The molecule has 0 bridgehead atoms. The minimum Gasteiger partial charge on any atom is -0.392 e. The minimum absolute atomic E-state index is 0.199. The van der Waals surface area contributed by atoms with Crippen molar-refractivity contribution in [1.29, 1.82) is 0 Å². The van der Waals surface area contributed by atoms with E-state index in [9.17, 15) is 5.11 Å². The fraction of sp³-hybridized carbons (Fsp3) is 1.00. The number of rotatable bonds is 0. The third-order valence-electron chi connectivity index (χ3n) is 3.38. The summed E-state index contributed by atoms with van der Waals surface area (Å²) < 4.78 is 0. The van der Waals surface area contributed by atoms with Gasteiger partial charge in [-0.25, -0.2) is 0 Å². The van der Waals surface area contributed by atoms with Gasteiger partial charge < -0.3 is 5.11 Å². The molecule has 108 valence electrons. The van der Waals surface area contributed by atoms with Gasteiger partial charge in [-0.3, -0.25) is 0 Å². The van der Waals surface area contributed by atoms with Gasteiger partial charge in [0.05, 0.1) is 6.10 Å². The average molecular weight is 579 g/mol. The van der Waals surface area contributed by atoms with Crippen LogP contribution in [0.4, 0.5) is 0 Å². The molecule has 1 saturated carbocycles. The summed E-state index contributed by atoms with van der Waals surface area (Å²) in [5.41, 5.74) is 0. The van der Waals surface area contributed by atoms with Crippen LogP contribution in [0.25, 0.3) is 0 Å². The summed E-state index contributed by atoms with van der Waals surface area (Å²) in [5, 5.41) is 10.1. The summed E-state index contributed by atoms with van der Waals surface area (Å²) in [4.78, 5) is 2.06. The van der Waals surface area contributed by atoms with E-state index in [4.69, 9.17) is 0 Å². The number of aliphatic hydroxyl groups is 1. The lowest BCUT2D eigenvalue weighted by atomic mass is 9.99. The van der Waals surface area contributed by atoms with Crippen LogP contribution in [0, 0.1) is 0 Å². The third-order valence-corrected chi connectivity index (χ3v) is 10.2. The summed E-state index contributed by atoms with van der Waals surface area (Å²) in [6, 6.07) is 0. The third kappa shape index (κ3) is 6.42. The van der Waals surface area contributed by atoms with Gasteiger partial charge in [0, 0.05) is 24.1 Å². The molecule has 0 saturated heterocycles. The molecule has 18 heavy (non-hydrogen) atoms. The van der Waals surface area contributed by atoms with Gasteiger partial charge in [-0.15, -0.1) is 0 Å². The Morgan fingerprint density at radius 1 is 0.500 bits per heavy atom. The quantitative estimate of drug-likeness (QED) is 0.376. The maximum absolute atomic E-state index is 10.1. The summed E-state index contributed by atoms with van der Waals surface area (Å²) in [7, 11) is 0. The topological polar surface area (TPSA) is 20.2 Å². The molecule has 6 unspecified atom stereocenters. The Morgan fingerprint density at radius 3 is 1.17 bits per heavy atom. The average Bonchev–Trinajstić information content (AvgIpc) is 2.36. The summed E-state index contributed by atoms with van der Waals surface area (Å²) in [6.07, 6.45) is 5.98. The molecule has 0 aromatic rings. The lowest BCUT2D eigenvalue weighted by molar-refractivity contribution is 0.156. The molecule has 0 heterocycles. The van der Waals surface area contributed by atoms with Gasteiger partial charge in [0.2, 0.25) is 0 Å². The zero-order valence-corrected chi connectivity index (χ0v) is 18.0. The number of alkyl halides is 5. The van der Waals surface area contributed by atoms with Crippen molar-refractivity contribution in [3.05, 3.63) is 0 Å². The van der Waals surface area contributed by atoms with E-state index < -0.39 is 0 Å². The minimum atomic E-state index is -0.252. The molecular weight excluding hydrogens is 560 g/mol. The van der Waals surface area contributed by atoms with Crippen molar-refractivity contribution >= 4 is 79.6 Å². The van der Waals surface area contributed by atoms with Crippen LogP contribution in [0.2, 0.25) is 0 Å². The van der Waals surface area contributed by atoms with Gasteiger partial charge in [0.25, 0.3) is 0 Å². The molecule has 1 nitrogen and oxygen atoms in total. The van der Waals surface area contributed by atoms with E-state index in [0.29, 0.717) is 19.3 Å². The van der Waals surface area contributed by atoms with Gasteiger partial charge in [0.15, 0.2) is 0 Å². The molecule has 1 aliphatic carbocycles. The first kappa shape index (κ1) is 18.4. The first-order valence-corrected chi connectivity index (χ1v) is 10.9. The Bertz CT molecular complexity index is 178. The number of halogens is 5. The molecule has 0 aliphatic heterocycles. The highest BCUT2D eigenvalue weighted by molar-refractivity contribution is 9.12. The Labute approximate surface area is 152 Å². The maximum atomic E-state index is 10.1. The molecular formula is C12H19Br5O. The second-order valence-corrected chi connectivity index (χ2v) is 10.8. The van der Waals surface area contributed by atoms with Crippen molar-refractivity contribution in [2.45, 2.75) is 68.8 Å². The second kappa shape index (κ2) is 9.39. The Hall–Kier alpha value is 2.36. The summed E-state index contributed by atoms with van der Waals surface area (Å²) >= 11 is 18.6. The van der Waals surface area contributed by atoms with E-state index in [2.05, 4.69) is 79.6 Å². The number of hydrogen-bond donors (Lipinski definition) is 1. The SMILES string of the molecule is OC1CCC(Br)C(Br)CCC(Br)C(Br)CCC1Br. The van der Waals surface area contributed by atoms with Crippen LogP contribution in [-0.2, 0) is 0 Å². The highest BCUT2D eigenvalue weighted by Gasteiger charge is 2.25. The zero-order valence-electron chi connectivity index (χ0n) is 10.0. The largest absolute Gasteiger partial charge is 0.392 e. The van der Waals surface area contributed by atoms with Crippen LogP contribution in [0.3, 0.4) is 0 Å². The molecule has 1 fully saturated rings. The van der Waals surface area contributed by atoms with Gasteiger partial charge in [-0.05, 0) is 38.5 Å². The Morgan fingerprint density at radius 2 is 0.778 bits per heavy atom. The molecule has 0 spiro atoms. The Kier molecular flexibility index (Phi) is 9.61. The van der Waals surface area contributed by atoms with Crippen molar-refractivity contribution in [2.24, 2.45) is 0 Å². The molecule has 1 rings (SSSR count). The molecule has 6 heteroatoms. The van der Waals surface area contributed by atoms with Crippen LogP contribution in [0.1, 0.15) is 38.5 Å².